The number of nitrogens with zero attached hydrogens (tertiary/aromatic N) is 1. The predicted octanol–water partition coefficient (Wildman–Crippen LogP) is -0.634. The third kappa shape index (κ3) is 2.67. The first kappa shape index (κ1) is 9.28. The molecule has 0 unspecified atom stereocenters. The van der Waals surface area contributed by atoms with Gasteiger partial charge in [-0.15, -0.1) is 0 Å². The number of aliphatic hydroxyl groups is 1. The fraction of sp³-hybridized carbons (Fsp3) is 0.857. The van der Waals surface area contributed by atoms with Crippen molar-refractivity contribution < 1.29 is 14.6 Å². The summed E-state index contributed by atoms with van der Waals surface area (Å²) in [5, 5.41) is 11.9. The minimum absolute atomic E-state index is 0.438. The van der Waals surface area contributed by atoms with E-state index in [9.17, 15) is 4.79 Å². The van der Waals surface area contributed by atoms with E-state index in [1.165, 1.54) is 6.92 Å². The highest BCUT2D eigenvalue weighted by atomic mass is 16.6. The highest BCUT2D eigenvalue weighted by Gasteiger charge is 2.18. The van der Waals surface area contributed by atoms with Crippen molar-refractivity contribution >= 4 is 6.09 Å². The molecule has 0 bridgehead atoms. The quantitative estimate of drug-likeness (QED) is 0.519. The SMILES string of the molecule is C[C@H](O)OC(=O)N1CCNCC1. The van der Waals surface area contributed by atoms with Crippen LogP contribution in [0.15, 0.2) is 0 Å². The number of aliphatic hydroxyl groups excluding tert-OH is 1. The van der Waals surface area contributed by atoms with Gasteiger partial charge in [0.25, 0.3) is 0 Å². The number of amides is 1. The zero-order valence-electron chi connectivity index (χ0n) is 7.12. The molecular formula is C7H14N2O3. The van der Waals surface area contributed by atoms with Crippen LogP contribution in [-0.2, 0) is 4.74 Å². The maximum Gasteiger partial charge on any atom is 0.412 e. The van der Waals surface area contributed by atoms with Gasteiger partial charge in [0.05, 0.1) is 0 Å². The van der Waals surface area contributed by atoms with Crippen LogP contribution in [0.1, 0.15) is 6.92 Å². The van der Waals surface area contributed by atoms with Crippen molar-refractivity contribution in [2.45, 2.75) is 13.2 Å². The molecule has 0 radical (unpaired) electrons. The maximum atomic E-state index is 11.1. The van der Waals surface area contributed by atoms with Crippen molar-refractivity contribution in [2.24, 2.45) is 0 Å². The molecule has 1 atom stereocenters. The monoisotopic (exact) mass is 174 g/mol. The van der Waals surface area contributed by atoms with Crippen LogP contribution >= 0.6 is 0 Å². The van der Waals surface area contributed by atoms with Crippen LogP contribution in [0.3, 0.4) is 0 Å². The smallest absolute Gasteiger partial charge is 0.412 e. The van der Waals surface area contributed by atoms with Gasteiger partial charge in [0.15, 0.2) is 6.29 Å². The van der Waals surface area contributed by atoms with E-state index in [0.717, 1.165) is 13.1 Å². The normalized spacial score (nSPS) is 20.3. The molecule has 0 saturated carbocycles. The summed E-state index contributed by atoms with van der Waals surface area (Å²) in [5.41, 5.74) is 0. The molecule has 0 aliphatic carbocycles. The molecular weight excluding hydrogens is 160 g/mol. The number of hydrogen-bond donors (Lipinski definition) is 2. The van der Waals surface area contributed by atoms with Crippen molar-refractivity contribution in [1.29, 1.82) is 0 Å². The molecule has 1 aliphatic rings. The molecule has 12 heavy (non-hydrogen) atoms. The van der Waals surface area contributed by atoms with Gasteiger partial charge < -0.3 is 20.1 Å². The number of carbonyl (C=O) groups excluding carboxylic acids is 1. The van der Waals surface area contributed by atoms with Crippen LogP contribution in [0, 0.1) is 0 Å². The number of piperazine rings is 1. The molecule has 5 nitrogen and oxygen atoms in total. The molecule has 0 aromatic rings. The molecule has 0 aromatic heterocycles. The summed E-state index contributed by atoms with van der Waals surface area (Å²) in [7, 11) is 0. The summed E-state index contributed by atoms with van der Waals surface area (Å²) in [4.78, 5) is 12.7. The van der Waals surface area contributed by atoms with E-state index in [2.05, 4.69) is 10.1 Å². The molecule has 70 valence electrons. The Hall–Kier alpha value is -0.810. The Morgan fingerprint density at radius 3 is 2.67 bits per heavy atom. The zero-order chi connectivity index (χ0) is 8.97. The second-order valence-corrected chi connectivity index (χ2v) is 2.72. The second-order valence-electron chi connectivity index (χ2n) is 2.72. The van der Waals surface area contributed by atoms with Gasteiger partial charge in [-0.1, -0.05) is 0 Å². The number of ether oxygens (including phenoxy) is 1. The topological polar surface area (TPSA) is 61.8 Å². The van der Waals surface area contributed by atoms with Gasteiger partial charge >= 0.3 is 6.09 Å². The minimum atomic E-state index is -1.02. The first-order valence-corrected chi connectivity index (χ1v) is 4.04. The van der Waals surface area contributed by atoms with Crippen LogP contribution in [-0.4, -0.2) is 48.6 Å². The lowest BCUT2D eigenvalue weighted by Gasteiger charge is -2.26. The summed E-state index contributed by atoms with van der Waals surface area (Å²) in [6, 6.07) is 0. The third-order valence-electron chi connectivity index (χ3n) is 1.65. The van der Waals surface area contributed by atoms with Crippen LogP contribution in [0.4, 0.5) is 4.79 Å². The van der Waals surface area contributed by atoms with Crippen molar-refractivity contribution in [3.05, 3.63) is 0 Å². The molecule has 0 spiro atoms. The zero-order valence-corrected chi connectivity index (χ0v) is 7.12. The lowest BCUT2D eigenvalue weighted by Crippen LogP contribution is -2.47. The summed E-state index contributed by atoms with van der Waals surface area (Å²) in [6.45, 7) is 4.28. The summed E-state index contributed by atoms with van der Waals surface area (Å²) in [5.74, 6) is 0. The minimum Gasteiger partial charge on any atom is -0.420 e. The van der Waals surface area contributed by atoms with Crippen LogP contribution < -0.4 is 5.32 Å². The first-order valence-electron chi connectivity index (χ1n) is 4.04. The van der Waals surface area contributed by atoms with Crippen molar-refractivity contribution in [1.82, 2.24) is 10.2 Å². The molecule has 1 saturated heterocycles. The fourth-order valence-electron chi connectivity index (χ4n) is 1.07. The largest absolute Gasteiger partial charge is 0.420 e. The molecule has 1 rings (SSSR count). The highest BCUT2D eigenvalue weighted by molar-refractivity contribution is 5.67. The molecule has 2 N–H and O–H groups in total. The highest BCUT2D eigenvalue weighted by Crippen LogP contribution is 1.98. The Labute approximate surface area is 71.3 Å². The van der Waals surface area contributed by atoms with E-state index in [-0.39, 0.29) is 0 Å². The number of rotatable bonds is 1. The molecule has 1 heterocycles. The summed E-state index contributed by atoms with van der Waals surface area (Å²) < 4.78 is 4.60. The summed E-state index contributed by atoms with van der Waals surface area (Å²) >= 11 is 0. The Bertz CT molecular complexity index is 155. The van der Waals surface area contributed by atoms with Crippen molar-refractivity contribution in [3.63, 3.8) is 0 Å². The second kappa shape index (κ2) is 4.27. The molecule has 1 amide bonds. The number of nitrogens with one attached hydrogen (secondary N) is 1. The van der Waals surface area contributed by atoms with Crippen LogP contribution in [0.5, 0.6) is 0 Å². The van der Waals surface area contributed by atoms with Gasteiger partial charge in [-0.05, 0) is 6.92 Å². The Morgan fingerprint density at radius 1 is 1.58 bits per heavy atom. The summed E-state index contributed by atoms with van der Waals surface area (Å²) in [6.07, 6.45) is -1.46. The maximum absolute atomic E-state index is 11.1. The average Bonchev–Trinajstić information content (AvgIpc) is 2.05. The molecule has 1 aliphatic heterocycles. The Morgan fingerprint density at radius 2 is 2.17 bits per heavy atom. The van der Waals surface area contributed by atoms with Crippen molar-refractivity contribution in [2.75, 3.05) is 26.2 Å². The van der Waals surface area contributed by atoms with E-state index < -0.39 is 12.4 Å². The van der Waals surface area contributed by atoms with E-state index >= 15 is 0 Å². The molecule has 1 fully saturated rings. The van der Waals surface area contributed by atoms with E-state index in [4.69, 9.17) is 5.11 Å². The van der Waals surface area contributed by atoms with Gasteiger partial charge in [-0.2, -0.15) is 0 Å². The van der Waals surface area contributed by atoms with E-state index in [1.807, 2.05) is 0 Å². The third-order valence-corrected chi connectivity index (χ3v) is 1.65. The Balaban J connectivity index is 2.30. The van der Waals surface area contributed by atoms with Crippen LogP contribution in [0.2, 0.25) is 0 Å². The van der Waals surface area contributed by atoms with Gasteiger partial charge in [0, 0.05) is 26.2 Å². The molecule has 5 heteroatoms. The molecule has 0 aromatic carbocycles. The first-order chi connectivity index (χ1) is 5.70. The standard InChI is InChI=1S/C7H14N2O3/c1-6(10)12-7(11)9-4-2-8-3-5-9/h6,8,10H,2-5H2,1H3/t6-/m1/s1. The average molecular weight is 174 g/mol. The van der Waals surface area contributed by atoms with E-state index in [1.54, 1.807) is 4.90 Å². The lowest BCUT2D eigenvalue weighted by molar-refractivity contribution is -0.0515. The fourth-order valence-corrected chi connectivity index (χ4v) is 1.07. The van der Waals surface area contributed by atoms with Gasteiger partial charge in [0.2, 0.25) is 0 Å². The van der Waals surface area contributed by atoms with Crippen LogP contribution in [0.25, 0.3) is 0 Å². The van der Waals surface area contributed by atoms with Gasteiger partial charge in [0.1, 0.15) is 0 Å². The Kier molecular flexibility index (Phi) is 3.31. The van der Waals surface area contributed by atoms with E-state index in [0.29, 0.717) is 13.1 Å². The van der Waals surface area contributed by atoms with Crippen molar-refractivity contribution in [3.8, 4) is 0 Å². The van der Waals surface area contributed by atoms with Gasteiger partial charge in [-0.3, -0.25) is 0 Å². The number of carbonyl (C=O) groups is 1. The predicted molar refractivity (Wildman–Crippen MR) is 42.6 cm³/mol. The van der Waals surface area contributed by atoms with Gasteiger partial charge in [-0.25, -0.2) is 4.79 Å². The number of hydrogen-bond acceptors (Lipinski definition) is 4. The lowest BCUT2D eigenvalue weighted by atomic mass is 10.4.